The fraction of sp³-hybridized carbons (Fsp3) is 0.912. The third-order valence-corrected chi connectivity index (χ3v) is 18.9. The molecule has 0 aliphatic heterocycles. The molecular weight excluding hydrogens is 4160 g/mol. The monoisotopic (exact) mass is 4330 g/mol. The molecule has 10 saturated carbocycles. The molecule has 36 radical (unpaired) electrons. The summed E-state index contributed by atoms with van der Waals surface area (Å²) >= 11 is 0. The number of hydrogen-bond donors (Lipinski definition) is 0. The van der Waals surface area contributed by atoms with Crippen molar-refractivity contribution in [1.29, 1.82) is 0 Å². The van der Waals surface area contributed by atoms with Crippen LogP contribution in [0.2, 0.25) is 0 Å². The van der Waals surface area contributed by atoms with Crippen LogP contribution < -0.4 is 0 Å². The Kier molecular flexibility index (Phi) is 613. The number of hydrogen-bond acceptors (Lipinski definition) is 0. The summed E-state index contributed by atoms with van der Waals surface area (Å²) in [5.41, 5.74) is -0.500. The maximum Gasteiger partial charge on any atom is 0 e. The molecule has 0 spiro atoms. The Morgan fingerprint density at radius 3 is 0.190 bits per heavy atom. The molecule has 10 fully saturated rings. The summed E-state index contributed by atoms with van der Waals surface area (Å²) < 4.78 is 0. The standard InChI is InChI=1S/4C12H22.2C6H12.C5H8.6C2H6.3CH3.36Y/c4*1-3-7-11(8-4-1)12-9-5-2-6-10-12;2*1-2-4-6-5-3-1;1-5(2,3)4;6*1-2;;;;;;;;;;;;;;;;;;;;;;;;;;;;;;;;;;;;;;;/h4*11-12H,1-10H2;2*1-6H2;1-4H2;6*1-2H3;3*1H3;;;;;;;;;;;;;;;;;;;;;;;;;;;;;;;;;;;;/q;;;;;;-4;;;;;;;3*-1;;;;;;;;;;;;;;;;;;;;;;;;;;;;;;;;;;;;. The normalized spacial score (nSPS) is 15.3. The van der Waals surface area contributed by atoms with Gasteiger partial charge in [0.15, 0.2) is 0 Å². The van der Waals surface area contributed by atoms with Gasteiger partial charge in [-0.3, -0.25) is 0 Å². The van der Waals surface area contributed by atoms with E-state index in [1.54, 1.807) is 103 Å². The van der Waals surface area contributed by atoms with Crippen molar-refractivity contribution in [3.63, 3.8) is 0 Å². The van der Waals surface area contributed by atoms with Crippen LogP contribution in [0.15, 0.2) is 0 Å². The van der Waals surface area contributed by atoms with Crippen LogP contribution in [0.4, 0.5) is 0 Å². The second kappa shape index (κ2) is 247. The van der Waals surface area contributed by atoms with Crippen molar-refractivity contribution >= 4 is 0 Å². The third-order valence-electron chi connectivity index (χ3n) is 18.9. The fourth-order valence-corrected chi connectivity index (χ4v) is 15.0. The Balaban J connectivity index is -0.0000000129. The van der Waals surface area contributed by atoms with Crippen LogP contribution >= 0.6 is 0 Å². The topological polar surface area (TPSA) is 0 Å². The Hall–Kier alpha value is 39.7. The van der Waals surface area contributed by atoms with Crippen molar-refractivity contribution in [3.05, 3.63) is 50.0 Å². The molecule has 600 valence electrons. The van der Waals surface area contributed by atoms with E-state index in [4.69, 9.17) is 0 Å². The Labute approximate surface area is 1650 Å². The van der Waals surface area contributed by atoms with Crippen LogP contribution in [-0.4, -0.2) is 0 Å². The second-order valence-corrected chi connectivity index (χ2v) is 24.9. The molecule has 10 rings (SSSR count). The van der Waals surface area contributed by atoms with E-state index in [1.165, 1.54) is 231 Å². The van der Waals surface area contributed by atoms with Gasteiger partial charge in [0.1, 0.15) is 0 Å². The quantitative estimate of drug-likeness (QED) is 0.246. The average Bonchev–Trinajstić information content (AvgIpc) is 0.917. The smallest absolute Gasteiger partial charge is 0 e. The summed E-state index contributed by atoms with van der Waals surface area (Å²) in [7, 11) is 0. The van der Waals surface area contributed by atoms with Crippen molar-refractivity contribution in [2.45, 2.75) is 417 Å². The second-order valence-electron chi connectivity index (χ2n) is 24.9. The van der Waals surface area contributed by atoms with Crippen LogP contribution in [0.5, 0.6) is 0 Å². The Morgan fingerprint density at radius 2 is 0.147 bits per heavy atom. The third kappa shape index (κ3) is 207. The zero-order valence-electron chi connectivity index (χ0n) is 80.5. The number of rotatable bonds is 4. The molecule has 0 N–H and O–H groups in total. The minimum Gasteiger partial charge on any atom is -0.584 e. The molecule has 10 aliphatic rings. The Bertz CT molecular complexity index is 848. The predicted molar refractivity (Wildman–Crippen MR) is 379 cm³/mol. The summed E-state index contributed by atoms with van der Waals surface area (Å²) in [4.78, 5) is 0. The van der Waals surface area contributed by atoms with E-state index in [0.29, 0.717) is 0 Å². The molecule has 0 nitrogen and oxygen atoms in total. The van der Waals surface area contributed by atoms with E-state index in [-0.39, 0.29) is 1200 Å². The molecule has 10 aliphatic carbocycles. The van der Waals surface area contributed by atoms with Crippen LogP contribution in [0.1, 0.15) is 417 Å². The zero-order chi connectivity index (χ0) is 57.9. The zero-order valence-corrected chi connectivity index (χ0v) is 183. The van der Waals surface area contributed by atoms with Gasteiger partial charge in [-0.15, -0.1) is 0 Å². The summed E-state index contributed by atoms with van der Waals surface area (Å²) in [6.07, 6.45) is 79.6. The minimum absolute atomic E-state index is 0. The van der Waals surface area contributed by atoms with Crippen LogP contribution in [0.25, 0.3) is 0 Å². The molecule has 0 saturated heterocycles. The largest absolute Gasteiger partial charge is 0.584 e. The molecule has 0 atom stereocenters. The fourth-order valence-electron chi connectivity index (χ4n) is 15.0. The first-order chi connectivity index (χ1) is 37.9. The van der Waals surface area contributed by atoms with Gasteiger partial charge in [-0.2, -0.15) is 0 Å². The summed E-state index contributed by atoms with van der Waals surface area (Å²) in [6, 6.07) is 0. The molecule has 0 aromatic heterocycles. The van der Waals surface area contributed by atoms with Crippen molar-refractivity contribution < 1.29 is 1180 Å². The van der Waals surface area contributed by atoms with Crippen LogP contribution in [-0.2, 0) is 1180 Å². The molecule has 0 bridgehead atoms. The Morgan fingerprint density at radius 1 is 0.112 bits per heavy atom. The molecule has 0 unspecified atom stereocenters. The molecular formula is C80H165Y36-7. The van der Waals surface area contributed by atoms with E-state index in [1.807, 2.05) is 83.1 Å². The van der Waals surface area contributed by atoms with Gasteiger partial charge in [-0.25, -0.2) is 0 Å². The van der Waals surface area contributed by atoms with Gasteiger partial charge < -0.3 is 55.4 Å². The first-order valence-electron chi connectivity index (χ1n) is 37.3. The van der Waals surface area contributed by atoms with Crippen molar-refractivity contribution in [2.75, 3.05) is 0 Å². The average molecular weight is 4330 g/mol. The van der Waals surface area contributed by atoms with Gasteiger partial charge in [0.25, 0.3) is 0 Å². The van der Waals surface area contributed by atoms with Gasteiger partial charge >= 0.3 is 0 Å². The molecule has 116 heavy (non-hydrogen) atoms. The van der Waals surface area contributed by atoms with Gasteiger partial charge in [-0.05, 0) is 47.3 Å². The van der Waals surface area contributed by atoms with Gasteiger partial charge in [0.05, 0.1) is 0 Å². The summed E-state index contributed by atoms with van der Waals surface area (Å²) in [5.74, 6) is 9.10. The van der Waals surface area contributed by atoms with Crippen molar-refractivity contribution in [2.24, 2.45) is 52.8 Å². The van der Waals surface area contributed by atoms with Gasteiger partial charge in [0.2, 0.25) is 0 Å². The van der Waals surface area contributed by atoms with Gasteiger partial charge in [-0.1, -0.05) is 417 Å². The van der Waals surface area contributed by atoms with Gasteiger partial charge in [0, 0.05) is 1180 Å². The van der Waals surface area contributed by atoms with E-state index in [0.717, 1.165) is 47.3 Å². The summed E-state index contributed by atoms with van der Waals surface area (Å²) in [5, 5.41) is 0. The SMILES string of the molecule is C1CCC(C2CCCCC2)CC1.C1CCC(C2CCCCC2)CC1.C1CCC(C2CCCCC2)CC1.C1CCC(C2CCCCC2)CC1.C1CCCCC1.C1CCCCC1.CC.CC.CC.CC.CC.CC.[CH2-]C([CH2-])([CH2-])[CH2-].[CH3-].[CH3-].[CH3-].[Y].[Y].[Y].[Y].[Y].[Y].[Y].[Y].[Y].[Y].[Y].[Y].[Y].[Y].[Y].[Y].[Y].[Y].[Y].[Y].[Y].[Y].[Y].[Y].[Y].[Y].[Y].[Y].[Y].[Y].[Y].[Y].[Y].[Y].[Y].[Y]. The van der Waals surface area contributed by atoms with Crippen molar-refractivity contribution in [3.8, 4) is 0 Å². The molecule has 0 aromatic rings. The molecule has 36 heteroatoms. The first-order valence-corrected chi connectivity index (χ1v) is 37.3. The van der Waals surface area contributed by atoms with E-state index in [9.17, 15) is 0 Å². The molecule has 0 heterocycles. The minimum atomic E-state index is -0.500. The molecule has 0 aromatic carbocycles. The molecule has 0 amide bonds. The van der Waals surface area contributed by atoms with Crippen LogP contribution in [0.3, 0.4) is 0 Å². The summed E-state index contributed by atoms with van der Waals surface area (Å²) in [6.45, 7) is 37.8. The van der Waals surface area contributed by atoms with Crippen molar-refractivity contribution in [1.82, 2.24) is 0 Å². The first kappa shape index (κ1) is 288. The predicted octanol–water partition coefficient (Wildman–Crippen LogP) is 30.0. The van der Waals surface area contributed by atoms with Crippen LogP contribution in [0, 0.1) is 103 Å². The van der Waals surface area contributed by atoms with E-state index in [2.05, 4.69) is 27.7 Å². The maximum absolute atomic E-state index is 3.44. The van der Waals surface area contributed by atoms with E-state index >= 15 is 0 Å². The van der Waals surface area contributed by atoms with E-state index < -0.39 is 5.41 Å². The maximum atomic E-state index is 3.44.